The number of nitrogens with zero attached hydrogens (tertiary/aromatic N) is 1. The average molecular weight is 231 g/mol. The van der Waals surface area contributed by atoms with Crippen LogP contribution in [0, 0.1) is 0 Å². The van der Waals surface area contributed by atoms with Gasteiger partial charge in [-0.1, -0.05) is 6.92 Å². The van der Waals surface area contributed by atoms with Crippen molar-refractivity contribution in [2.75, 3.05) is 39.9 Å². The number of primary amides is 1. The van der Waals surface area contributed by atoms with Crippen molar-refractivity contribution >= 4 is 5.91 Å². The third kappa shape index (κ3) is 7.62. The molecule has 0 radical (unpaired) electrons. The maximum atomic E-state index is 11.2. The van der Waals surface area contributed by atoms with Crippen molar-refractivity contribution < 1.29 is 9.53 Å². The summed E-state index contributed by atoms with van der Waals surface area (Å²) >= 11 is 0. The van der Waals surface area contributed by atoms with E-state index in [0.29, 0.717) is 13.2 Å². The first-order chi connectivity index (χ1) is 7.61. The molecule has 0 aliphatic carbocycles. The number of hydrogen-bond donors (Lipinski definition) is 2. The zero-order valence-electron chi connectivity index (χ0n) is 10.7. The number of likely N-dealkylation sites (N-methyl/N-ethyl adjacent to an activating group) is 1. The molecular weight excluding hydrogens is 206 g/mol. The van der Waals surface area contributed by atoms with Gasteiger partial charge in [0.15, 0.2) is 0 Å². The molecule has 5 nitrogen and oxygen atoms in total. The molecule has 0 aromatic heterocycles. The second-order valence-corrected chi connectivity index (χ2v) is 3.87. The number of rotatable bonds is 10. The fraction of sp³-hybridized carbons (Fsp3) is 0.909. The molecule has 1 atom stereocenters. The Bertz CT molecular complexity index is 188. The monoisotopic (exact) mass is 231 g/mol. The number of ether oxygens (including phenoxy) is 1. The Balaban J connectivity index is 3.83. The molecule has 0 saturated carbocycles. The van der Waals surface area contributed by atoms with Gasteiger partial charge in [-0.3, -0.25) is 4.79 Å². The van der Waals surface area contributed by atoms with Gasteiger partial charge in [-0.2, -0.15) is 0 Å². The fourth-order valence-corrected chi connectivity index (χ4v) is 1.34. The molecule has 0 aliphatic rings. The van der Waals surface area contributed by atoms with Crippen LogP contribution in [0.25, 0.3) is 0 Å². The van der Waals surface area contributed by atoms with E-state index in [4.69, 9.17) is 10.5 Å². The van der Waals surface area contributed by atoms with E-state index in [0.717, 1.165) is 26.1 Å². The van der Waals surface area contributed by atoms with Gasteiger partial charge >= 0.3 is 0 Å². The van der Waals surface area contributed by atoms with E-state index >= 15 is 0 Å². The van der Waals surface area contributed by atoms with E-state index < -0.39 is 0 Å². The van der Waals surface area contributed by atoms with Crippen LogP contribution in [0.4, 0.5) is 0 Å². The Hall–Kier alpha value is -0.650. The summed E-state index contributed by atoms with van der Waals surface area (Å²) in [5, 5.41) is 3.13. The lowest BCUT2D eigenvalue weighted by atomic mass is 10.2. The standard InChI is InChI=1S/C11H25N3O2/c1-4-6-13-10(11(12)15)9-14(3)7-8-16-5-2/h10,13H,4-9H2,1-3H3,(H2,12,15). The Morgan fingerprint density at radius 2 is 2.19 bits per heavy atom. The highest BCUT2D eigenvalue weighted by Gasteiger charge is 2.15. The molecule has 0 aromatic carbocycles. The van der Waals surface area contributed by atoms with Crippen LogP contribution >= 0.6 is 0 Å². The molecule has 16 heavy (non-hydrogen) atoms. The Morgan fingerprint density at radius 3 is 2.69 bits per heavy atom. The molecule has 96 valence electrons. The van der Waals surface area contributed by atoms with Crippen LogP contribution in [0.5, 0.6) is 0 Å². The highest BCUT2D eigenvalue weighted by atomic mass is 16.5. The lowest BCUT2D eigenvalue weighted by Crippen LogP contribution is -2.49. The zero-order chi connectivity index (χ0) is 12.4. The fourth-order valence-electron chi connectivity index (χ4n) is 1.34. The van der Waals surface area contributed by atoms with Gasteiger partial charge in [-0.25, -0.2) is 0 Å². The molecule has 0 bridgehead atoms. The maximum absolute atomic E-state index is 11.2. The second kappa shape index (κ2) is 9.57. The van der Waals surface area contributed by atoms with Crippen LogP contribution in [-0.4, -0.2) is 56.7 Å². The summed E-state index contributed by atoms with van der Waals surface area (Å²) in [5.41, 5.74) is 5.32. The summed E-state index contributed by atoms with van der Waals surface area (Å²) in [6.45, 7) is 7.69. The summed E-state index contributed by atoms with van der Waals surface area (Å²) in [6, 6.07) is -0.272. The number of nitrogens with two attached hydrogens (primary N) is 1. The molecule has 0 aromatic rings. The first kappa shape index (κ1) is 15.3. The van der Waals surface area contributed by atoms with Crippen LogP contribution in [-0.2, 0) is 9.53 Å². The third-order valence-corrected chi connectivity index (χ3v) is 2.30. The van der Waals surface area contributed by atoms with Gasteiger partial charge in [-0.05, 0) is 26.9 Å². The minimum absolute atomic E-state index is 0.272. The Labute approximate surface area is 98.3 Å². The molecule has 0 heterocycles. The molecule has 1 unspecified atom stereocenters. The van der Waals surface area contributed by atoms with E-state index in [2.05, 4.69) is 12.2 Å². The maximum Gasteiger partial charge on any atom is 0.235 e. The first-order valence-electron chi connectivity index (χ1n) is 5.90. The number of amides is 1. The molecular formula is C11H25N3O2. The smallest absolute Gasteiger partial charge is 0.235 e. The van der Waals surface area contributed by atoms with E-state index in [9.17, 15) is 4.79 Å². The highest BCUT2D eigenvalue weighted by molar-refractivity contribution is 5.80. The van der Waals surface area contributed by atoms with Gasteiger partial charge in [0.05, 0.1) is 12.6 Å². The minimum atomic E-state index is -0.295. The number of carbonyl (C=O) groups excluding carboxylic acids is 1. The summed E-state index contributed by atoms with van der Waals surface area (Å²) < 4.78 is 5.25. The third-order valence-electron chi connectivity index (χ3n) is 2.30. The molecule has 0 saturated heterocycles. The Morgan fingerprint density at radius 1 is 1.50 bits per heavy atom. The predicted octanol–water partition coefficient (Wildman–Crippen LogP) is -0.192. The normalized spacial score (nSPS) is 13.0. The van der Waals surface area contributed by atoms with Gasteiger partial charge < -0.3 is 20.7 Å². The summed E-state index contributed by atoms with van der Waals surface area (Å²) in [5.74, 6) is -0.295. The van der Waals surface area contributed by atoms with Crippen LogP contribution in [0.1, 0.15) is 20.3 Å². The van der Waals surface area contributed by atoms with E-state index in [-0.39, 0.29) is 11.9 Å². The molecule has 0 rings (SSSR count). The van der Waals surface area contributed by atoms with E-state index in [1.54, 1.807) is 0 Å². The van der Waals surface area contributed by atoms with Crippen molar-refractivity contribution in [1.29, 1.82) is 0 Å². The average Bonchev–Trinajstić information content (AvgIpc) is 2.24. The zero-order valence-corrected chi connectivity index (χ0v) is 10.7. The SMILES string of the molecule is CCCNC(CN(C)CCOCC)C(N)=O. The van der Waals surface area contributed by atoms with Gasteiger partial charge in [0.25, 0.3) is 0 Å². The lowest BCUT2D eigenvalue weighted by molar-refractivity contribution is -0.120. The predicted molar refractivity (Wildman–Crippen MR) is 65.3 cm³/mol. The van der Waals surface area contributed by atoms with Gasteiger partial charge in [0, 0.05) is 19.7 Å². The van der Waals surface area contributed by atoms with E-state index in [1.165, 1.54) is 0 Å². The molecule has 0 fully saturated rings. The van der Waals surface area contributed by atoms with Gasteiger partial charge in [-0.15, -0.1) is 0 Å². The van der Waals surface area contributed by atoms with E-state index in [1.807, 2.05) is 18.9 Å². The second-order valence-electron chi connectivity index (χ2n) is 3.87. The largest absolute Gasteiger partial charge is 0.380 e. The van der Waals surface area contributed by atoms with Gasteiger partial charge in [0.1, 0.15) is 0 Å². The highest BCUT2D eigenvalue weighted by Crippen LogP contribution is 1.90. The summed E-state index contributed by atoms with van der Waals surface area (Å²) in [4.78, 5) is 13.2. The molecule has 1 amide bonds. The van der Waals surface area contributed by atoms with Crippen LogP contribution in [0.15, 0.2) is 0 Å². The van der Waals surface area contributed by atoms with Crippen LogP contribution in [0.2, 0.25) is 0 Å². The number of carbonyl (C=O) groups is 1. The van der Waals surface area contributed by atoms with Crippen molar-refractivity contribution in [3.8, 4) is 0 Å². The first-order valence-corrected chi connectivity index (χ1v) is 5.90. The van der Waals surface area contributed by atoms with Crippen molar-refractivity contribution in [2.24, 2.45) is 5.73 Å². The quantitative estimate of drug-likeness (QED) is 0.511. The summed E-state index contributed by atoms with van der Waals surface area (Å²) in [6.07, 6.45) is 0.993. The topological polar surface area (TPSA) is 67.6 Å². The minimum Gasteiger partial charge on any atom is -0.380 e. The van der Waals surface area contributed by atoms with Crippen molar-refractivity contribution in [3.05, 3.63) is 0 Å². The molecule has 0 aliphatic heterocycles. The van der Waals surface area contributed by atoms with Crippen LogP contribution < -0.4 is 11.1 Å². The number of nitrogens with one attached hydrogen (secondary N) is 1. The lowest BCUT2D eigenvalue weighted by Gasteiger charge is -2.22. The van der Waals surface area contributed by atoms with Crippen molar-refractivity contribution in [2.45, 2.75) is 26.3 Å². The van der Waals surface area contributed by atoms with Crippen LogP contribution in [0.3, 0.4) is 0 Å². The van der Waals surface area contributed by atoms with Crippen molar-refractivity contribution in [1.82, 2.24) is 10.2 Å². The molecule has 3 N–H and O–H groups in total. The van der Waals surface area contributed by atoms with Crippen molar-refractivity contribution in [3.63, 3.8) is 0 Å². The summed E-state index contributed by atoms with van der Waals surface area (Å²) in [7, 11) is 1.96. The van der Waals surface area contributed by atoms with Gasteiger partial charge in [0.2, 0.25) is 5.91 Å². The number of hydrogen-bond acceptors (Lipinski definition) is 4. The molecule has 5 heteroatoms. The Kier molecular flexibility index (Phi) is 9.18. The molecule has 0 spiro atoms.